The third-order valence-corrected chi connectivity index (χ3v) is 3.64. The molecule has 2 aromatic rings. The van der Waals surface area contributed by atoms with Crippen molar-refractivity contribution in [2.45, 2.75) is 19.6 Å². The van der Waals surface area contributed by atoms with Gasteiger partial charge in [-0.25, -0.2) is 4.98 Å². The fourth-order valence-corrected chi connectivity index (χ4v) is 2.69. The van der Waals surface area contributed by atoms with Crippen LogP contribution in [0.15, 0.2) is 24.3 Å². The van der Waals surface area contributed by atoms with Crippen LogP contribution in [0, 0.1) is 6.92 Å². The van der Waals surface area contributed by atoms with E-state index in [0.717, 1.165) is 16.9 Å². The Labute approximate surface area is 106 Å². The van der Waals surface area contributed by atoms with Crippen molar-refractivity contribution in [3.05, 3.63) is 40.4 Å². The molecule has 0 fully saturated rings. The Kier molecular flexibility index (Phi) is 3.41. The van der Waals surface area contributed by atoms with E-state index in [4.69, 9.17) is 5.73 Å². The molecule has 0 aliphatic heterocycles. The third kappa shape index (κ3) is 2.39. The monoisotopic (exact) mass is 272 g/mol. The molecular weight excluding hydrogens is 261 g/mol. The van der Waals surface area contributed by atoms with E-state index in [1.54, 1.807) is 12.1 Å². The average Bonchev–Trinajstić information content (AvgIpc) is 2.73. The Bertz CT molecular complexity index is 561. The van der Waals surface area contributed by atoms with E-state index in [0.29, 0.717) is 10.6 Å². The predicted octanol–water partition coefficient (Wildman–Crippen LogP) is 3.60. The number of nitrogens with two attached hydrogens (primary N) is 1. The Morgan fingerprint density at radius 1 is 1.28 bits per heavy atom. The molecule has 1 heterocycles. The van der Waals surface area contributed by atoms with Gasteiger partial charge < -0.3 is 5.73 Å². The van der Waals surface area contributed by atoms with Crippen LogP contribution in [0.4, 0.5) is 13.2 Å². The maximum Gasteiger partial charge on any atom is 0.434 e. The second kappa shape index (κ2) is 4.70. The SMILES string of the molecule is Cc1ccccc1-c1nc(C(F)(F)F)c(CN)s1. The maximum absolute atomic E-state index is 12.8. The molecule has 2 rings (SSSR count). The number of hydrogen-bond acceptors (Lipinski definition) is 3. The largest absolute Gasteiger partial charge is 0.434 e. The van der Waals surface area contributed by atoms with Crippen molar-refractivity contribution in [1.82, 2.24) is 4.98 Å². The standard InChI is InChI=1S/C12H11F3N2S/c1-7-4-2-3-5-8(7)11-17-10(12(13,14)15)9(6-16)18-11/h2-5H,6,16H2,1H3. The van der Waals surface area contributed by atoms with Crippen LogP contribution < -0.4 is 5.73 Å². The zero-order valence-electron chi connectivity index (χ0n) is 9.58. The Morgan fingerprint density at radius 2 is 1.94 bits per heavy atom. The van der Waals surface area contributed by atoms with Crippen molar-refractivity contribution in [2.24, 2.45) is 5.73 Å². The molecule has 6 heteroatoms. The van der Waals surface area contributed by atoms with Gasteiger partial charge in [-0.15, -0.1) is 11.3 Å². The summed E-state index contributed by atoms with van der Waals surface area (Å²) in [7, 11) is 0. The predicted molar refractivity (Wildman–Crippen MR) is 65.2 cm³/mol. The summed E-state index contributed by atoms with van der Waals surface area (Å²) in [6.07, 6.45) is -4.45. The van der Waals surface area contributed by atoms with Crippen molar-refractivity contribution < 1.29 is 13.2 Å². The first-order valence-electron chi connectivity index (χ1n) is 5.26. The van der Waals surface area contributed by atoms with E-state index in [-0.39, 0.29) is 11.4 Å². The van der Waals surface area contributed by atoms with E-state index in [2.05, 4.69) is 4.98 Å². The van der Waals surface area contributed by atoms with Crippen molar-refractivity contribution in [2.75, 3.05) is 0 Å². The highest BCUT2D eigenvalue weighted by molar-refractivity contribution is 7.15. The van der Waals surface area contributed by atoms with Crippen LogP contribution >= 0.6 is 11.3 Å². The summed E-state index contributed by atoms with van der Waals surface area (Å²) < 4.78 is 38.3. The maximum atomic E-state index is 12.8. The van der Waals surface area contributed by atoms with Crippen molar-refractivity contribution >= 4 is 11.3 Å². The zero-order valence-corrected chi connectivity index (χ0v) is 10.4. The third-order valence-electron chi connectivity index (χ3n) is 2.53. The molecule has 0 saturated carbocycles. The van der Waals surface area contributed by atoms with Crippen LogP contribution in [-0.4, -0.2) is 4.98 Å². The molecule has 1 aromatic carbocycles. The summed E-state index contributed by atoms with van der Waals surface area (Å²) in [4.78, 5) is 3.77. The zero-order chi connectivity index (χ0) is 13.3. The summed E-state index contributed by atoms with van der Waals surface area (Å²) >= 11 is 0.998. The molecule has 2 nitrogen and oxygen atoms in total. The molecule has 18 heavy (non-hydrogen) atoms. The topological polar surface area (TPSA) is 38.9 Å². The van der Waals surface area contributed by atoms with Crippen LogP contribution in [0.2, 0.25) is 0 Å². The fraction of sp³-hybridized carbons (Fsp3) is 0.250. The minimum atomic E-state index is -4.45. The fourth-order valence-electron chi connectivity index (χ4n) is 1.64. The molecule has 0 radical (unpaired) electrons. The first-order chi connectivity index (χ1) is 8.43. The number of halogens is 3. The van der Waals surface area contributed by atoms with Crippen LogP contribution in [0.3, 0.4) is 0 Å². The van der Waals surface area contributed by atoms with Gasteiger partial charge in [0.15, 0.2) is 5.69 Å². The lowest BCUT2D eigenvalue weighted by atomic mass is 10.1. The average molecular weight is 272 g/mol. The lowest BCUT2D eigenvalue weighted by Crippen LogP contribution is -2.10. The minimum absolute atomic E-state index is 0.0701. The smallest absolute Gasteiger partial charge is 0.326 e. The van der Waals surface area contributed by atoms with Gasteiger partial charge in [-0.3, -0.25) is 0 Å². The van der Waals surface area contributed by atoms with E-state index >= 15 is 0 Å². The van der Waals surface area contributed by atoms with Gasteiger partial charge in [-0.05, 0) is 12.5 Å². The van der Waals surface area contributed by atoms with Gasteiger partial charge in [-0.2, -0.15) is 13.2 Å². The molecule has 0 atom stereocenters. The van der Waals surface area contributed by atoms with Gasteiger partial charge in [0.05, 0.1) is 4.88 Å². The van der Waals surface area contributed by atoms with Gasteiger partial charge in [0, 0.05) is 12.1 Å². The van der Waals surface area contributed by atoms with Crippen LogP contribution in [0.5, 0.6) is 0 Å². The van der Waals surface area contributed by atoms with Gasteiger partial charge in [-0.1, -0.05) is 24.3 Å². The van der Waals surface area contributed by atoms with Crippen molar-refractivity contribution in [3.8, 4) is 10.6 Å². The highest BCUT2D eigenvalue weighted by Crippen LogP contribution is 2.38. The van der Waals surface area contributed by atoms with Gasteiger partial charge in [0.2, 0.25) is 0 Å². The number of alkyl halides is 3. The van der Waals surface area contributed by atoms with Gasteiger partial charge in [0.1, 0.15) is 5.01 Å². The molecular formula is C12H11F3N2S. The highest BCUT2D eigenvalue weighted by atomic mass is 32.1. The summed E-state index contributed by atoms with van der Waals surface area (Å²) in [6, 6.07) is 7.21. The summed E-state index contributed by atoms with van der Waals surface area (Å²) in [5.74, 6) is 0. The second-order valence-corrected chi connectivity index (χ2v) is 4.89. The van der Waals surface area contributed by atoms with E-state index in [1.807, 2.05) is 19.1 Å². The van der Waals surface area contributed by atoms with Crippen LogP contribution in [0.25, 0.3) is 10.6 Å². The number of benzene rings is 1. The van der Waals surface area contributed by atoms with E-state index < -0.39 is 11.9 Å². The summed E-state index contributed by atoms with van der Waals surface area (Å²) in [5.41, 5.74) is 6.09. The number of rotatable bonds is 2. The Hall–Kier alpha value is -1.40. The Balaban J connectivity index is 2.55. The number of aryl methyl sites for hydroxylation is 1. The highest BCUT2D eigenvalue weighted by Gasteiger charge is 2.37. The first-order valence-corrected chi connectivity index (χ1v) is 6.08. The molecule has 0 amide bonds. The number of nitrogens with zero attached hydrogens (tertiary/aromatic N) is 1. The molecule has 96 valence electrons. The molecule has 0 unspecified atom stereocenters. The molecule has 0 aliphatic rings. The summed E-state index contributed by atoms with van der Waals surface area (Å²) in [6.45, 7) is 1.69. The lowest BCUT2D eigenvalue weighted by molar-refractivity contribution is -0.141. The molecule has 0 saturated heterocycles. The van der Waals surface area contributed by atoms with Crippen molar-refractivity contribution in [1.29, 1.82) is 0 Å². The quantitative estimate of drug-likeness (QED) is 0.907. The normalized spacial score (nSPS) is 11.8. The molecule has 0 bridgehead atoms. The van der Waals surface area contributed by atoms with Crippen molar-refractivity contribution in [3.63, 3.8) is 0 Å². The Morgan fingerprint density at radius 3 is 2.44 bits per heavy atom. The minimum Gasteiger partial charge on any atom is -0.326 e. The number of thiazole rings is 1. The first kappa shape index (κ1) is 13.0. The molecule has 1 aromatic heterocycles. The molecule has 0 spiro atoms. The number of aromatic nitrogens is 1. The van der Waals surface area contributed by atoms with Crippen LogP contribution in [-0.2, 0) is 12.7 Å². The van der Waals surface area contributed by atoms with E-state index in [9.17, 15) is 13.2 Å². The number of hydrogen-bond donors (Lipinski definition) is 1. The van der Waals surface area contributed by atoms with Gasteiger partial charge >= 0.3 is 6.18 Å². The summed E-state index contributed by atoms with van der Waals surface area (Å²) in [5, 5.41) is 0.362. The second-order valence-electron chi connectivity index (χ2n) is 3.81. The molecule has 0 aliphatic carbocycles. The van der Waals surface area contributed by atoms with E-state index in [1.165, 1.54) is 0 Å². The molecule has 2 N–H and O–H groups in total. The van der Waals surface area contributed by atoms with Crippen LogP contribution in [0.1, 0.15) is 16.1 Å². The lowest BCUT2D eigenvalue weighted by Gasteiger charge is -2.03. The van der Waals surface area contributed by atoms with Gasteiger partial charge in [0.25, 0.3) is 0 Å².